The minimum Gasteiger partial charge on any atom is -0.382 e. The van der Waals surface area contributed by atoms with Crippen molar-refractivity contribution < 1.29 is 14.0 Å². The highest BCUT2D eigenvalue weighted by molar-refractivity contribution is 7.98. The van der Waals surface area contributed by atoms with Crippen molar-refractivity contribution in [1.29, 1.82) is 0 Å². The van der Waals surface area contributed by atoms with E-state index in [9.17, 15) is 14.0 Å². The van der Waals surface area contributed by atoms with Gasteiger partial charge in [-0.1, -0.05) is 12.1 Å². The Balaban J connectivity index is 1.78. The smallest absolute Gasteiger partial charge is 0.278 e. The van der Waals surface area contributed by atoms with Gasteiger partial charge in [0.1, 0.15) is 5.82 Å². The van der Waals surface area contributed by atoms with Crippen LogP contribution < -0.4 is 15.8 Å². The summed E-state index contributed by atoms with van der Waals surface area (Å²) in [5.74, 6) is -1.09. The first-order valence-electron chi connectivity index (χ1n) is 8.57. The number of nitrogens with zero attached hydrogens (tertiary/aromatic N) is 2. The average molecular weight is 411 g/mol. The fourth-order valence-electron chi connectivity index (χ4n) is 2.38. The Morgan fingerprint density at radius 1 is 1.14 bits per heavy atom. The molecule has 0 aliphatic heterocycles. The number of carbonyl (C=O) groups is 2. The van der Waals surface area contributed by atoms with Gasteiger partial charge in [0.05, 0.1) is 11.9 Å². The van der Waals surface area contributed by atoms with E-state index in [-0.39, 0.29) is 23.2 Å². The number of nitrogens with one attached hydrogen (secondary N) is 2. The first-order chi connectivity index (χ1) is 13.8. The van der Waals surface area contributed by atoms with Crippen LogP contribution >= 0.6 is 11.9 Å². The lowest BCUT2D eigenvalue weighted by molar-refractivity contribution is -0.117. The molecule has 0 aliphatic rings. The van der Waals surface area contributed by atoms with E-state index >= 15 is 0 Å². The summed E-state index contributed by atoms with van der Waals surface area (Å²) in [5.41, 5.74) is 7.63. The van der Waals surface area contributed by atoms with E-state index in [1.54, 1.807) is 43.3 Å². The van der Waals surface area contributed by atoms with Gasteiger partial charge in [-0.25, -0.2) is 14.4 Å². The largest absolute Gasteiger partial charge is 0.382 e. The predicted molar refractivity (Wildman–Crippen MR) is 111 cm³/mol. The molecule has 0 radical (unpaired) electrons. The first-order valence-corrected chi connectivity index (χ1v) is 9.39. The number of rotatable bonds is 5. The van der Waals surface area contributed by atoms with Crippen molar-refractivity contribution in [3.8, 4) is 11.3 Å². The van der Waals surface area contributed by atoms with E-state index < -0.39 is 5.91 Å². The van der Waals surface area contributed by atoms with Crippen LogP contribution in [-0.4, -0.2) is 21.8 Å². The maximum atomic E-state index is 13.8. The van der Waals surface area contributed by atoms with E-state index in [1.807, 2.05) is 0 Å². The maximum Gasteiger partial charge on any atom is 0.278 e. The highest BCUT2D eigenvalue weighted by Gasteiger charge is 2.15. The molecule has 2 amide bonds. The van der Waals surface area contributed by atoms with Crippen molar-refractivity contribution in [3.05, 3.63) is 65.7 Å². The number of nitrogen functional groups attached to an aromatic ring is 1. The molecule has 4 N–H and O–H groups in total. The number of anilines is 2. The average Bonchev–Trinajstić information content (AvgIpc) is 2.70. The molecule has 0 spiro atoms. The van der Waals surface area contributed by atoms with Gasteiger partial charge < -0.3 is 11.1 Å². The Bertz CT molecular complexity index is 1070. The second-order valence-corrected chi connectivity index (χ2v) is 7.07. The van der Waals surface area contributed by atoms with Crippen LogP contribution in [0.2, 0.25) is 0 Å². The normalized spacial score (nSPS) is 10.4. The number of benzene rings is 2. The van der Waals surface area contributed by atoms with Crippen LogP contribution in [0.4, 0.5) is 15.9 Å². The van der Waals surface area contributed by atoms with E-state index in [0.29, 0.717) is 22.5 Å². The third-order valence-corrected chi connectivity index (χ3v) is 4.81. The summed E-state index contributed by atoms with van der Waals surface area (Å²) in [6.07, 6.45) is 1.39. The number of hydrogen-bond acceptors (Lipinski definition) is 6. The second-order valence-electron chi connectivity index (χ2n) is 6.19. The molecule has 0 bridgehead atoms. The highest BCUT2D eigenvalue weighted by atomic mass is 32.2. The van der Waals surface area contributed by atoms with Gasteiger partial charge in [0, 0.05) is 23.1 Å². The fourth-order valence-corrected chi connectivity index (χ4v) is 2.92. The molecule has 0 saturated carbocycles. The van der Waals surface area contributed by atoms with Crippen molar-refractivity contribution in [1.82, 2.24) is 14.7 Å². The van der Waals surface area contributed by atoms with Gasteiger partial charge in [0.25, 0.3) is 5.91 Å². The van der Waals surface area contributed by atoms with Crippen molar-refractivity contribution >= 4 is 35.3 Å². The second kappa shape index (κ2) is 8.70. The summed E-state index contributed by atoms with van der Waals surface area (Å²) in [6.45, 7) is 3.08. The van der Waals surface area contributed by atoms with Gasteiger partial charge in [-0.3, -0.25) is 14.3 Å². The molecule has 3 aromatic rings. The molecular weight excluding hydrogens is 393 g/mol. The van der Waals surface area contributed by atoms with Crippen LogP contribution in [0, 0.1) is 12.7 Å². The molecule has 0 unspecified atom stereocenters. The zero-order valence-corrected chi connectivity index (χ0v) is 16.5. The van der Waals surface area contributed by atoms with Crippen molar-refractivity contribution in [2.75, 3.05) is 11.1 Å². The number of hydrogen-bond donors (Lipinski definition) is 3. The molecule has 0 fully saturated rings. The summed E-state index contributed by atoms with van der Waals surface area (Å²) >= 11 is 1.17. The molecular formula is C20H18FN5O2S. The van der Waals surface area contributed by atoms with Crippen molar-refractivity contribution in [2.24, 2.45) is 0 Å². The summed E-state index contributed by atoms with van der Waals surface area (Å²) in [6, 6.07) is 11.5. The fraction of sp³-hybridized carbons (Fsp3) is 0.100. The van der Waals surface area contributed by atoms with Crippen LogP contribution in [0.1, 0.15) is 23.0 Å². The number of halogens is 1. The standard InChI is InChI=1S/C20H18FN5O2S/c1-11-3-4-13(9-16(11)21)17-10-23-19(22)18(25-17)20(28)24-14-5-7-15(8-6-14)29-26-12(2)27/h3-10H,1-2H3,(H2,22,23)(H,24,28)(H,26,27). The molecule has 9 heteroatoms. The summed E-state index contributed by atoms with van der Waals surface area (Å²) in [7, 11) is 0. The topological polar surface area (TPSA) is 110 Å². The Labute approximate surface area is 171 Å². The predicted octanol–water partition coefficient (Wildman–Crippen LogP) is 3.57. The Morgan fingerprint density at radius 3 is 2.52 bits per heavy atom. The van der Waals surface area contributed by atoms with Gasteiger partial charge in [-0.15, -0.1) is 0 Å². The van der Waals surface area contributed by atoms with E-state index in [2.05, 4.69) is 20.0 Å². The quantitative estimate of drug-likeness (QED) is 0.554. The monoisotopic (exact) mass is 411 g/mol. The van der Waals surface area contributed by atoms with E-state index in [1.165, 1.54) is 31.1 Å². The van der Waals surface area contributed by atoms with Gasteiger partial charge in [0.15, 0.2) is 11.5 Å². The number of carbonyl (C=O) groups excluding carboxylic acids is 2. The number of aromatic nitrogens is 2. The molecule has 3 rings (SSSR count). The van der Waals surface area contributed by atoms with E-state index in [4.69, 9.17) is 5.73 Å². The van der Waals surface area contributed by atoms with Crippen LogP contribution in [0.3, 0.4) is 0 Å². The third kappa shape index (κ3) is 5.08. The maximum absolute atomic E-state index is 13.8. The van der Waals surface area contributed by atoms with Gasteiger partial charge in [0.2, 0.25) is 5.91 Å². The zero-order chi connectivity index (χ0) is 21.0. The molecule has 0 saturated heterocycles. The Hall–Kier alpha value is -3.46. The van der Waals surface area contributed by atoms with Crippen molar-refractivity contribution in [2.45, 2.75) is 18.7 Å². The van der Waals surface area contributed by atoms with Gasteiger partial charge >= 0.3 is 0 Å². The van der Waals surface area contributed by atoms with E-state index in [0.717, 1.165) is 4.90 Å². The summed E-state index contributed by atoms with van der Waals surface area (Å²) < 4.78 is 16.5. The Morgan fingerprint density at radius 2 is 1.86 bits per heavy atom. The molecule has 148 valence electrons. The van der Waals surface area contributed by atoms with Gasteiger partial charge in [-0.05, 0) is 54.8 Å². The molecule has 1 aromatic heterocycles. The zero-order valence-electron chi connectivity index (χ0n) is 15.7. The van der Waals surface area contributed by atoms with Gasteiger partial charge in [-0.2, -0.15) is 0 Å². The number of amides is 2. The molecule has 7 nitrogen and oxygen atoms in total. The van der Waals surface area contributed by atoms with Crippen LogP contribution in [0.5, 0.6) is 0 Å². The number of nitrogens with two attached hydrogens (primary N) is 1. The minimum absolute atomic E-state index is 0.0309. The molecule has 1 heterocycles. The molecule has 2 aromatic carbocycles. The lowest BCUT2D eigenvalue weighted by atomic mass is 10.1. The molecule has 0 atom stereocenters. The van der Waals surface area contributed by atoms with Crippen LogP contribution in [-0.2, 0) is 4.79 Å². The third-order valence-electron chi connectivity index (χ3n) is 3.91. The lowest BCUT2D eigenvalue weighted by Gasteiger charge is -2.09. The minimum atomic E-state index is -0.535. The molecule has 29 heavy (non-hydrogen) atoms. The van der Waals surface area contributed by atoms with Crippen LogP contribution in [0.25, 0.3) is 11.3 Å². The first kappa shape index (κ1) is 20.3. The lowest BCUT2D eigenvalue weighted by Crippen LogP contribution is -2.17. The van der Waals surface area contributed by atoms with Crippen molar-refractivity contribution in [3.63, 3.8) is 0 Å². The highest BCUT2D eigenvalue weighted by Crippen LogP contribution is 2.22. The summed E-state index contributed by atoms with van der Waals surface area (Å²) in [5, 5.41) is 2.70. The molecule has 0 aliphatic carbocycles. The SMILES string of the molecule is CC(=O)NSc1ccc(NC(=O)c2nc(-c3ccc(C)c(F)c3)cnc2N)cc1. The number of aryl methyl sites for hydroxylation is 1. The Kier molecular flexibility index (Phi) is 6.08. The van der Waals surface area contributed by atoms with Crippen LogP contribution in [0.15, 0.2) is 53.6 Å². The summed E-state index contributed by atoms with van der Waals surface area (Å²) in [4.78, 5) is 32.6.